The second-order valence-electron chi connectivity index (χ2n) is 3.05. The summed E-state index contributed by atoms with van der Waals surface area (Å²) in [5, 5.41) is 1.17. The van der Waals surface area contributed by atoms with Gasteiger partial charge in [0.05, 0.1) is 0 Å². The number of hydrogen-bond acceptors (Lipinski definition) is 0. The zero-order valence-corrected chi connectivity index (χ0v) is 8.78. The molecule has 0 spiro atoms. The molecule has 0 N–H and O–H groups in total. The molecule has 1 atom stereocenters. The van der Waals surface area contributed by atoms with E-state index in [1.807, 2.05) is 0 Å². The highest BCUT2D eigenvalue weighted by Crippen LogP contribution is 2.12. The monoisotopic (exact) mass is 206 g/mol. The Balaban J connectivity index is 2.89. The maximum Gasteiger partial charge on any atom is 0.00313 e. The molecule has 0 bridgehead atoms. The Kier molecular flexibility index (Phi) is 7.95. The first-order valence-corrected chi connectivity index (χ1v) is 5.49. The molecule has 0 aliphatic heterocycles. The van der Waals surface area contributed by atoms with Crippen LogP contribution in [0.3, 0.4) is 0 Å². The Morgan fingerprint density at radius 2 is 1.90 bits per heavy atom. The Morgan fingerprint density at radius 3 is 2.40 bits per heavy atom. The predicted octanol–water partition coefficient (Wildman–Crippen LogP) is 3.99. The molecule has 0 aliphatic rings. The van der Waals surface area contributed by atoms with Crippen molar-refractivity contribution in [1.82, 2.24) is 0 Å². The van der Waals surface area contributed by atoms with E-state index in [4.69, 9.17) is 0 Å². The van der Waals surface area contributed by atoms with Gasteiger partial charge in [0.15, 0.2) is 0 Å². The van der Waals surface area contributed by atoms with Gasteiger partial charge in [-0.2, -0.15) is 0 Å². The molecular formula is C9H19Br. The van der Waals surface area contributed by atoms with Crippen LogP contribution in [0.2, 0.25) is 0 Å². The van der Waals surface area contributed by atoms with E-state index < -0.39 is 0 Å². The molecule has 0 radical (unpaired) electrons. The van der Waals surface area contributed by atoms with Gasteiger partial charge in [0.2, 0.25) is 0 Å². The van der Waals surface area contributed by atoms with Crippen LogP contribution >= 0.6 is 15.9 Å². The van der Waals surface area contributed by atoms with E-state index in [0.29, 0.717) is 0 Å². The van der Waals surface area contributed by atoms with Crippen molar-refractivity contribution in [2.45, 2.75) is 46.0 Å². The minimum Gasteiger partial charge on any atom is -0.0928 e. The Hall–Kier alpha value is 0.480. The second kappa shape index (κ2) is 7.59. The van der Waals surface area contributed by atoms with E-state index in [-0.39, 0.29) is 0 Å². The summed E-state index contributed by atoms with van der Waals surface area (Å²) in [5.41, 5.74) is 0. The topological polar surface area (TPSA) is 0 Å². The third-order valence-electron chi connectivity index (χ3n) is 2.03. The first-order valence-electron chi connectivity index (χ1n) is 4.37. The summed E-state index contributed by atoms with van der Waals surface area (Å²) in [6.07, 6.45) is 6.92. The standard InChI is InChI=1S/C9H19Br/c1-3-9(2)7-5-4-6-8-10/h9H,3-8H2,1-2H3/t9-/m0/s1. The first-order chi connectivity index (χ1) is 4.81. The average molecular weight is 207 g/mol. The zero-order chi connectivity index (χ0) is 7.82. The summed E-state index contributed by atoms with van der Waals surface area (Å²) in [7, 11) is 0. The van der Waals surface area contributed by atoms with Crippen molar-refractivity contribution >= 4 is 15.9 Å². The molecule has 0 unspecified atom stereocenters. The molecule has 0 heterocycles. The molecule has 0 rings (SSSR count). The normalized spacial score (nSPS) is 13.5. The molecule has 0 nitrogen and oxygen atoms in total. The van der Waals surface area contributed by atoms with Crippen molar-refractivity contribution in [2.24, 2.45) is 5.92 Å². The number of hydrogen-bond donors (Lipinski definition) is 0. The molecule has 10 heavy (non-hydrogen) atoms. The SMILES string of the molecule is CC[C@H](C)CCCCCBr. The Morgan fingerprint density at radius 1 is 1.20 bits per heavy atom. The van der Waals surface area contributed by atoms with Gasteiger partial charge in [-0.3, -0.25) is 0 Å². The van der Waals surface area contributed by atoms with Crippen LogP contribution in [0.4, 0.5) is 0 Å². The van der Waals surface area contributed by atoms with Crippen LogP contribution in [0.1, 0.15) is 46.0 Å². The van der Waals surface area contributed by atoms with Gasteiger partial charge in [0, 0.05) is 5.33 Å². The Labute approximate surface area is 73.5 Å². The summed E-state index contributed by atoms with van der Waals surface area (Å²) in [6.45, 7) is 4.61. The van der Waals surface area contributed by atoms with E-state index in [0.717, 1.165) is 5.92 Å². The van der Waals surface area contributed by atoms with Crippen molar-refractivity contribution in [3.05, 3.63) is 0 Å². The second-order valence-corrected chi connectivity index (χ2v) is 3.84. The van der Waals surface area contributed by atoms with Crippen LogP contribution in [0.15, 0.2) is 0 Å². The summed E-state index contributed by atoms with van der Waals surface area (Å²) >= 11 is 3.43. The van der Waals surface area contributed by atoms with E-state index >= 15 is 0 Å². The Bertz CT molecular complexity index is 61.7. The van der Waals surface area contributed by atoms with Crippen LogP contribution in [0.5, 0.6) is 0 Å². The molecule has 0 amide bonds. The molecule has 0 aromatic rings. The van der Waals surface area contributed by atoms with Crippen LogP contribution in [0.25, 0.3) is 0 Å². The van der Waals surface area contributed by atoms with Gasteiger partial charge in [0.25, 0.3) is 0 Å². The minimum atomic E-state index is 0.940. The van der Waals surface area contributed by atoms with Gasteiger partial charge in [-0.25, -0.2) is 0 Å². The van der Waals surface area contributed by atoms with Gasteiger partial charge < -0.3 is 0 Å². The fraction of sp³-hybridized carbons (Fsp3) is 1.00. The van der Waals surface area contributed by atoms with Crippen LogP contribution in [0, 0.1) is 5.92 Å². The lowest BCUT2D eigenvalue weighted by atomic mass is 10.0. The van der Waals surface area contributed by atoms with Gasteiger partial charge in [-0.15, -0.1) is 0 Å². The quantitative estimate of drug-likeness (QED) is 0.456. The van der Waals surface area contributed by atoms with Crippen molar-refractivity contribution in [3.63, 3.8) is 0 Å². The third-order valence-corrected chi connectivity index (χ3v) is 2.59. The van der Waals surface area contributed by atoms with Gasteiger partial charge in [-0.1, -0.05) is 55.5 Å². The molecule has 0 aromatic heterocycles. The lowest BCUT2D eigenvalue weighted by molar-refractivity contribution is 0.483. The van der Waals surface area contributed by atoms with E-state index in [1.54, 1.807) is 0 Å². The molecule has 0 fully saturated rings. The summed E-state index contributed by atoms with van der Waals surface area (Å²) in [4.78, 5) is 0. The molecule has 0 aromatic carbocycles. The fourth-order valence-electron chi connectivity index (χ4n) is 0.968. The lowest BCUT2D eigenvalue weighted by Gasteiger charge is -2.06. The maximum absolute atomic E-state index is 3.43. The first kappa shape index (κ1) is 10.5. The van der Waals surface area contributed by atoms with Crippen molar-refractivity contribution in [2.75, 3.05) is 5.33 Å². The zero-order valence-electron chi connectivity index (χ0n) is 7.20. The highest BCUT2D eigenvalue weighted by atomic mass is 79.9. The molecule has 0 saturated heterocycles. The fourth-order valence-corrected chi connectivity index (χ4v) is 1.36. The highest BCUT2D eigenvalue weighted by molar-refractivity contribution is 9.09. The number of unbranched alkanes of at least 4 members (excludes halogenated alkanes) is 2. The van der Waals surface area contributed by atoms with Gasteiger partial charge in [0.1, 0.15) is 0 Å². The molecular weight excluding hydrogens is 188 g/mol. The number of halogens is 1. The van der Waals surface area contributed by atoms with Crippen molar-refractivity contribution in [3.8, 4) is 0 Å². The summed E-state index contributed by atoms with van der Waals surface area (Å²) in [6, 6.07) is 0. The molecule has 1 heteroatoms. The minimum absolute atomic E-state index is 0.940. The molecule has 62 valence electrons. The van der Waals surface area contributed by atoms with Gasteiger partial charge in [-0.05, 0) is 12.3 Å². The molecule has 0 saturated carbocycles. The van der Waals surface area contributed by atoms with Crippen molar-refractivity contribution < 1.29 is 0 Å². The average Bonchev–Trinajstić information content (AvgIpc) is 1.98. The maximum atomic E-state index is 3.43. The highest BCUT2D eigenvalue weighted by Gasteiger charge is 1.96. The predicted molar refractivity (Wildman–Crippen MR) is 51.7 cm³/mol. The van der Waals surface area contributed by atoms with Crippen molar-refractivity contribution in [1.29, 1.82) is 0 Å². The number of alkyl halides is 1. The van der Waals surface area contributed by atoms with E-state index in [2.05, 4.69) is 29.8 Å². The largest absolute Gasteiger partial charge is 0.0928 e. The van der Waals surface area contributed by atoms with Crippen LogP contribution in [-0.2, 0) is 0 Å². The van der Waals surface area contributed by atoms with E-state index in [1.165, 1.54) is 37.4 Å². The summed E-state index contributed by atoms with van der Waals surface area (Å²) in [5.74, 6) is 0.940. The summed E-state index contributed by atoms with van der Waals surface area (Å²) < 4.78 is 0. The van der Waals surface area contributed by atoms with Gasteiger partial charge >= 0.3 is 0 Å². The van der Waals surface area contributed by atoms with E-state index in [9.17, 15) is 0 Å². The smallest absolute Gasteiger partial charge is 0.00313 e. The van der Waals surface area contributed by atoms with Crippen LogP contribution in [-0.4, -0.2) is 5.33 Å². The third kappa shape index (κ3) is 6.60. The lowest BCUT2D eigenvalue weighted by Crippen LogP contribution is -1.91. The molecule has 0 aliphatic carbocycles. The van der Waals surface area contributed by atoms with Crippen LogP contribution < -0.4 is 0 Å². The number of rotatable bonds is 6.